The van der Waals surface area contributed by atoms with Crippen molar-refractivity contribution in [3.8, 4) is 0 Å². The number of thiol groups is 1. The Bertz CT molecular complexity index is 636. The van der Waals surface area contributed by atoms with Crippen molar-refractivity contribution < 1.29 is 4.79 Å². The fourth-order valence-electron chi connectivity index (χ4n) is 2.75. The topological polar surface area (TPSA) is 20.3 Å². The van der Waals surface area contributed by atoms with Crippen LogP contribution in [0.25, 0.3) is 0 Å². The van der Waals surface area contributed by atoms with E-state index in [1.807, 2.05) is 47.4 Å². The number of carbonyl (C=O) groups is 1. The molecular weight excluding hydrogens is 266 g/mol. The summed E-state index contributed by atoms with van der Waals surface area (Å²) in [7, 11) is 0. The summed E-state index contributed by atoms with van der Waals surface area (Å²) in [5.41, 5.74) is 3.02. The molecule has 2 nitrogen and oxygen atoms in total. The van der Waals surface area contributed by atoms with E-state index >= 15 is 0 Å². The number of para-hydroxylation sites is 1. The molecule has 1 aliphatic heterocycles. The van der Waals surface area contributed by atoms with Crippen molar-refractivity contribution in [1.82, 2.24) is 0 Å². The summed E-state index contributed by atoms with van der Waals surface area (Å²) in [4.78, 5) is 15.5. The largest absolute Gasteiger partial charge is 0.308 e. The van der Waals surface area contributed by atoms with E-state index in [0.29, 0.717) is 11.5 Å². The van der Waals surface area contributed by atoms with Crippen LogP contribution in [-0.2, 0) is 6.42 Å². The molecule has 0 saturated carbocycles. The van der Waals surface area contributed by atoms with Gasteiger partial charge in [-0.15, -0.1) is 12.6 Å². The van der Waals surface area contributed by atoms with Crippen molar-refractivity contribution >= 4 is 24.2 Å². The van der Waals surface area contributed by atoms with Crippen molar-refractivity contribution in [1.29, 1.82) is 0 Å². The van der Waals surface area contributed by atoms with Gasteiger partial charge in [0.15, 0.2) is 0 Å². The first-order chi connectivity index (χ1) is 9.65. The second kappa shape index (κ2) is 5.33. The van der Waals surface area contributed by atoms with Crippen molar-refractivity contribution in [3.05, 3.63) is 59.7 Å². The summed E-state index contributed by atoms with van der Waals surface area (Å²) < 4.78 is 0. The molecule has 0 radical (unpaired) electrons. The molecule has 0 aromatic heterocycles. The lowest BCUT2D eigenvalue weighted by Gasteiger charge is -2.33. The number of fused-ring (bicyclic) bond motifs is 1. The van der Waals surface area contributed by atoms with Crippen LogP contribution in [0.1, 0.15) is 22.8 Å². The van der Waals surface area contributed by atoms with Crippen molar-refractivity contribution in [2.45, 2.75) is 18.2 Å². The minimum absolute atomic E-state index is 0.0670. The molecular formula is C17H17NOS. The van der Waals surface area contributed by atoms with Crippen LogP contribution in [0.4, 0.5) is 5.69 Å². The van der Waals surface area contributed by atoms with Crippen LogP contribution in [0.5, 0.6) is 0 Å². The Morgan fingerprint density at radius 3 is 2.60 bits per heavy atom. The van der Waals surface area contributed by atoms with Gasteiger partial charge in [-0.25, -0.2) is 0 Å². The first kappa shape index (κ1) is 13.3. The highest BCUT2D eigenvalue weighted by molar-refractivity contribution is 7.80. The molecule has 0 fully saturated rings. The summed E-state index contributed by atoms with van der Waals surface area (Å²) in [6, 6.07) is 15.6. The molecule has 0 bridgehead atoms. The van der Waals surface area contributed by atoms with Gasteiger partial charge in [0.05, 0.1) is 0 Å². The van der Waals surface area contributed by atoms with Crippen molar-refractivity contribution in [2.24, 2.45) is 5.92 Å². The predicted molar refractivity (Wildman–Crippen MR) is 84.7 cm³/mol. The van der Waals surface area contributed by atoms with Gasteiger partial charge in [-0.2, -0.15) is 0 Å². The van der Waals surface area contributed by atoms with Crippen LogP contribution in [0.2, 0.25) is 0 Å². The fraction of sp³-hybridized carbons (Fsp3) is 0.235. The average Bonchev–Trinajstić information content (AvgIpc) is 2.46. The maximum Gasteiger partial charge on any atom is 0.258 e. The molecule has 0 N–H and O–H groups in total. The minimum Gasteiger partial charge on any atom is -0.308 e. The van der Waals surface area contributed by atoms with E-state index in [9.17, 15) is 4.79 Å². The molecule has 20 heavy (non-hydrogen) atoms. The molecule has 102 valence electrons. The van der Waals surface area contributed by atoms with Crippen molar-refractivity contribution in [3.63, 3.8) is 0 Å². The Balaban J connectivity index is 1.97. The minimum atomic E-state index is 0.0670. The zero-order valence-corrected chi connectivity index (χ0v) is 12.3. The summed E-state index contributed by atoms with van der Waals surface area (Å²) in [5.74, 6) is 0.551. The Morgan fingerprint density at radius 1 is 1.15 bits per heavy atom. The van der Waals surface area contributed by atoms with Gasteiger partial charge < -0.3 is 4.90 Å². The zero-order valence-electron chi connectivity index (χ0n) is 11.4. The molecule has 0 aliphatic carbocycles. The Hall–Kier alpha value is -1.74. The standard InChI is InChI=1S/C17H17NOS/c1-12-10-14-4-2-3-5-16(14)18(11-12)17(19)13-6-8-15(20)9-7-13/h2-9,12,20H,10-11H2,1H3. The molecule has 1 heterocycles. The highest BCUT2D eigenvalue weighted by Gasteiger charge is 2.26. The smallest absolute Gasteiger partial charge is 0.258 e. The van der Waals surface area contributed by atoms with Gasteiger partial charge in [-0.3, -0.25) is 4.79 Å². The van der Waals surface area contributed by atoms with Gasteiger partial charge in [-0.05, 0) is 48.2 Å². The Kier molecular flexibility index (Phi) is 3.53. The van der Waals surface area contributed by atoms with Gasteiger partial charge >= 0.3 is 0 Å². The van der Waals surface area contributed by atoms with Crippen LogP contribution in [-0.4, -0.2) is 12.5 Å². The normalized spacial score (nSPS) is 17.7. The SMILES string of the molecule is CC1Cc2ccccc2N(C(=O)c2ccc(S)cc2)C1. The molecule has 1 aliphatic rings. The molecule has 1 unspecified atom stereocenters. The van der Waals surface area contributed by atoms with Crippen LogP contribution < -0.4 is 4.90 Å². The molecule has 1 atom stereocenters. The van der Waals surface area contributed by atoms with Gasteiger partial charge in [0.1, 0.15) is 0 Å². The molecule has 3 heteroatoms. The predicted octanol–water partition coefficient (Wildman–Crippen LogP) is 3.81. The molecule has 2 aromatic rings. The van der Waals surface area contributed by atoms with E-state index < -0.39 is 0 Å². The third-order valence-electron chi connectivity index (χ3n) is 3.70. The highest BCUT2D eigenvalue weighted by atomic mass is 32.1. The van der Waals surface area contributed by atoms with E-state index in [1.165, 1.54) is 5.56 Å². The first-order valence-electron chi connectivity index (χ1n) is 6.84. The second-order valence-corrected chi connectivity index (χ2v) is 5.92. The van der Waals surface area contributed by atoms with Gasteiger partial charge in [-0.1, -0.05) is 25.1 Å². The number of anilines is 1. The van der Waals surface area contributed by atoms with Gasteiger partial charge in [0.25, 0.3) is 5.91 Å². The third-order valence-corrected chi connectivity index (χ3v) is 4.00. The number of carbonyl (C=O) groups excluding carboxylic acids is 1. The summed E-state index contributed by atoms with van der Waals surface area (Å²) in [6.07, 6.45) is 1.04. The third kappa shape index (κ3) is 2.46. The number of hydrogen-bond donors (Lipinski definition) is 1. The average molecular weight is 283 g/mol. The van der Waals surface area contributed by atoms with E-state index in [0.717, 1.165) is 23.5 Å². The lowest BCUT2D eigenvalue weighted by atomic mass is 9.93. The van der Waals surface area contributed by atoms with E-state index in [-0.39, 0.29) is 5.91 Å². The van der Waals surface area contributed by atoms with Crippen LogP contribution in [0.3, 0.4) is 0 Å². The van der Waals surface area contributed by atoms with Gasteiger partial charge in [0.2, 0.25) is 0 Å². The summed E-state index contributed by atoms with van der Waals surface area (Å²) in [6.45, 7) is 2.96. The summed E-state index contributed by atoms with van der Waals surface area (Å²) >= 11 is 4.26. The lowest BCUT2D eigenvalue weighted by Crippen LogP contribution is -2.39. The van der Waals surface area contributed by atoms with E-state index in [4.69, 9.17) is 0 Å². The monoisotopic (exact) mass is 283 g/mol. The quantitative estimate of drug-likeness (QED) is 0.789. The lowest BCUT2D eigenvalue weighted by molar-refractivity contribution is 0.0981. The van der Waals surface area contributed by atoms with Crippen LogP contribution in [0.15, 0.2) is 53.4 Å². The number of hydrogen-bond acceptors (Lipinski definition) is 2. The molecule has 2 aromatic carbocycles. The molecule has 1 amide bonds. The maximum absolute atomic E-state index is 12.7. The zero-order chi connectivity index (χ0) is 14.1. The van der Waals surface area contributed by atoms with Gasteiger partial charge in [0, 0.05) is 22.7 Å². The van der Waals surface area contributed by atoms with Crippen LogP contribution >= 0.6 is 12.6 Å². The number of nitrogens with zero attached hydrogens (tertiary/aromatic N) is 1. The summed E-state index contributed by atoms with van der Waals surface area (Å²) in [5, 5.41) is 0. The molecule has 0 saturated heterocycles. The van der Waals surface area contributed by atoms with Crippen molar-refractivity contribution in [2.75, 3.05) is 11.4 Å². The van der Waals surface area contributed by atoms with E-state index in [2.05, 4.69) is 25.6 Å². The number of rotatable bonds is 1. The highest BCUT2D eigenvalue weighted by Crippen LogP contribution is 2.30. The number of benzene rings is 2. The Morgan fingerprint density at radius 2 is 1.85 bits per heavy atom. The van der Waals surface area contributed by atoms with E-state index in [1.54, 1.807) is 0 Å². The first-order valence-corrected chi connectivity index (χ1v) is 7.28. The fourth-order valence-corrected chi connectivity index (χ4v) is 2.90. The number of amides is 1. The van der Waals surface area contributed by atoms with Crippen LogP contribution in [0, 0.1) is 5.92 Å². The molecule has 3 rings (SSSR count). The second-order valence-electron chi connectivity index (χ2n) is 5.40. The maximum atomic E-state index is 12.7. The molecule has 0 spiro atoms. The Labute approximate surface area is 124 Å².